The number of carbonyl (C=O) groups excluding carboxylic acids is 1. The van der Waals surface area contributed by atoms with Gasteiger partial charge in [0.25, 0.3) is 0 Å². The van der Waals surface area contributed by atoms with E-state index in [2.05, 4.69) is 19.1 Å². The van der Waals surface area contributed by atoms with Crippen LogP contribution in [0.2, 0.25) is 0 Å². The number of ether oxygens (including phenoxy) is 1. The van der Waals surface area contributed by atoms with E-state index >= 15 is 0 Å². The molecule has 1 aromatic carbocycles. The maximum atomic E-state index is 11.2. The molecule has 88 valence electrons. The third-order valence-electron chi connectivity index (χ3n) is 2.38. The van der Waals surface area contributed by atoms with Gasteiger partial charge in [-0.3, -0.25) is 4.79 Å². The van der Waals surface area contributed by atoms with E-state index in [0.29, 0.717) is 13.0 Å². The Hall–Kier alpha value is -1.31. The minimum atomic E-state index is -0.108. The molecule has 1 aromatic rings. The van der Waals surface area contributed by atoms with Gasteiger partial charge in [-0.05, 0) is 24.0 Å². The van der Waals surface area contributed by atoms with Gasteiger partial charge in [-0.25, -0.2) is 0 Å². The number of benzene rings is 1. The van der Waals surface area contributed by atoms with Crippen molar-refractivity contribution in [2.45, 2.75) is 46.1 Å². The van der Waals surface area contributed by atoms with Gasteiger partial charge in [0.15, 0.2) is 0 Å². The van der Waals surface area contributed by atoms with Crippen molar-refractivity contribution in [3.63, 3.8) is 0 Å². The highest BCUT2D eigenvalue weighted by atomic mass is 16.5. The lowest BCUT2D eigenvalue weighted by atomic mass is 10.1. The van der Waals surface area contributed by atoms with Gasteiger partial charge < -0.3 is 4.74 Å². The van der Waals surface area contributed by atoms with Crippen LogP contribution in [0.1, 0.15) is 44.2 Å². The van der Waals surface area contributed by atoms with Crippen molar-refractivity contribution in [3.8, 4) is 0 Å². The minimum Gasteiger partial charge on any atom is -0.461 e. The number of carbonyl (C=O) groups is 1. The first-order chi connectivity index (χ1) is 7.76. The van der Waals surface area contributed by atoms with Crippen molar-refractivity contribution >= 4 is 5.97 Å². The van der Waals surface area contributed by atoms with Crippen LogP contribution in [0, 0.1) is 0 Å². The topological polar surface area (TPSA) is 26.3 Å². The average molecular weight is 220 g/mol. The van der Waals surface area contributed by atoms with Crippen LogP contribution in [-0.4, -0.2) is 5.97 Å². The van der Waals surface area contributed by atoms with E-state index < -0.39 is 0 Å². The van der Waals surface area contributed by atoms with Crippen molar-refractivity contribution in [1.82, 2.24) is 0 Å². The summed E-state index contributed by atoms with van der Waals surface area (Å²) in [5, 5.41) is 0. The van der Waals surface area contributed by atoms with E-state index in [1.165, 1.54) is 5.56 Å². The lowest BCUT2D eigenvalue weighted by Crippen LogP contribution is -2.03. The van der Waals surface area contributed by atoms with E-state index in [4.69, 9.17) is 4.74 Å². The molecule has 16 heavy (non-hydrogen) atoms. The van der Waals surface area contributed by atoms with Crippen LogP contribution in [0.3, 0.4) is 0 Å². The summed E-state index contributed by atoms with van der Waals surface area (Å²) in [6.07, 6.45) is 3.57. The maximum absolute atomic E-state index is 11.2. The highest BCUT2D eigenvalue weighted by molar-refractivity contribution is 5.69. The molecule has 0 fully saturated rings. The van der Waals surface area contributed by atoms with E-state index in [0.717, 1.165) is 24.8 Å². The predicted molar refractivity (Wildman–Crippen MR) is 65.1 cm³/mol. The van der Waals surface area contributed by atoms with Gasteiger partial charge in [0.05, 0.1) is 0 Å². The monoisotopic (exact) mass is 220 g/mol. The molecule has 1 rings (SSSR count). The number of hydrogen-bond acceptors (Lipinski definition) is 2. The highest BCUT2D eigenvalue weighted by Crippen LogP contribution is 2.09. The zero-order chi connectivity index (χ0) is 11.8. The summed E-state index contributed by atoms with van der Waals surface area (Å²) in [5.41, 5.74) is 2.39. The fourth-order valence-corrected chi connectivity index (χ4v) is 1.60. The van der Waals surface area contributed by atoms with E-state index in [1.807, 2.05) is 19.1 Å². The Balaban J connectivity index is 2.47. The Morgan fingerprint density at radius 3 is 2.62 bits per heavy atom. The number of esters is 1. The van der Waals surface area contributed by atoms with Crippen LogP contribution in [0.15, 0.2) is 24.3 Å². The van der Waals surface area contributed by atoms with Gasteiger partial charge in [-0.2, -0.15) is 0 Å². The predicted octanol–water partition coefficient (Wildman–Crippen LogP) is 3.48. The number of rotatable bonds is 6. The van der Waals surface area contributed by atoms with Crippen molar-refractivity contribution in [1.29, 1.82) is 0 Å². The summed E-state index contributed by atoms with van der Waals surface area (Å²) < 4.78 is 5.16. The zero-order valence-corrected chi connectivity index (χ0v) is 10.2. The molecule has 2 nitrogen and oxygen atoms in total. The van der Waals surface area contributed by atoms with Gasteiger partial charge in [-0.1, -0.05) is 44.5 Å². The van der Waals surface area contributed by atoms with E-state index in [-0.39, 0.29) is 5.97 Å². The second kappa shape index (κ2) is 7.04. The molecular weight excluding hydrogens is 200 g/mol. The molecule has 0 spiro atoms. The molecule has 0 heterocycles. The van der Waals surface area contributed by atoms with Crippen molar-refractivity contribution in [3.05, 3.63) is 35.4 Å². The molecule has 2 heteroatoms. The second-order valence-electron chi connectivity index (χ2n) is 3.98. The van der Waals surface area contributed by atoms with Crippen molar-refractivity contribution in [2.75, 3.05) is 0 Å². The van der Waals surface area contributed by atoms with Gasteiger partial charge in [0.2, 0.25) is 0 Å². The Bertz CT molecular complexity index is 331. The van der Waals surface area contributed by atoms with E-state index in [9.17, 15) is 4.79 Å². The lowest BCUT2D eigenvalue weighted by molar-refractivity contribution is -0.144. The van der Waals surface area contributed by atoms with Gasteiger partial charge in [-0.15, -0.1) is 0 Å². The Kier molecular flexibility index (Phi) is 5.62. The molecule has 0 bridgehead atoms. The molecule has 0 saturated heterocycles. The van der Waals surface area contributed by atoms with Crippen molar-refractivity contribution < 1.29 is 9.53 Å². The van der Waals surface area contributed by atoms with Crippen LogP contribution in [0.25, 0.3) is 0 Å². The summed E-state index contributed by atoms with van der Waals surface area (Å²) in [5.74, 6) is -0.108. The fraction of sp³-hybridized carbons (Fsp3) is 0.500. The van der Waals surface area contributed by atoms with Crippen LogP contribution in [-0.2, 0) is 22.6 Å². The normalized spacial score (nSPS) is 10.1. The summed E-state index contributed by atoms with van der Waals surface area (Å²) in [6.45, 7) is 4.54. The largest absolute Gasteiger partial charge is 0.461 e. The second-order valence-corrected chi connectivity index (χ2v) is 3.98. The third-order valence-corrected chi connectivity index (χ3v) is 2.38. The van der Waals surface area contributed by atoms with Crippen LogP contribution < -0.4 is 0 Å². The SMILES string of the molecule is CCCC(=O)OCc1cccc(CCC)c1. The van der Waals surface area contributed by atoms with Gasteiger partial charge in [0, 0.05) is 6.42 Å². The van der Waals surface area contributed by atoms with Gasteiger partial charge in [0.1, 0.15) is 6.61 Å². The third kappa shape index (κ3) is 4.47. The molecule has 0 N–H and O–H groups in total. The smallest absolute Gasteiger partial charge is 0.306 e. The fourth-order valence-electron chi connectivity index (χ4n) is 1.60. The molecule has 0 radical (unpaired) electrons. The first kappa shape index (κ1) is 12.8. The molecule has 0 aromatic heterocycles. The maximum Gasteiger partial charge on any atom is 0.306 e. The summed E-state index contributed by atoms with van der Waals surface area (Å²) in [7, 11) is 0. The standard InChI is InChI=1S/C14H20O2/c1-3-6-12-8-5-9-13(10-12)11-16-14(15)7-4-2/h5,8-10H,3-4,6-7,11H2,1-2H3. The summed E-state index contributed by atoms with van der Waals surface area (Å²) >= 11 is 0. The Morgan fingerprint density at radius 1 is 1.19 bits per heavy atom. The minimum absolute atomic E-state index is 0.108. The van der Waals surface area contributed by atoms with E-state index in [1.54, 1.807) is 0 Å². The Labute approximate surface area is 97.6 Å². The van der Waals surface area contributed by atoms with Gasteiger partial charge >= 0.3 is 5.97 Å². The van der Waals surface area contributed by atoms with Crippen LogP contribution in [0.4, 0.5) is 0 Å². The molecule has 0 amide bonds. The highest BCUT2D eigenvalue weighted by Gasteiger charge is 2.01. The molecule has 0 saturated carbocycles. The van der Waals surface area contributed by atoms with Crippen molar-refractivity contribution in [2.24, 2.45) is 0 Å². The van der Waals surface area contributed by atoms with Crippen LogP contribution >= 0.6 is 0 Å². The Morgan fingerprint density at radius 2 is 1.94 bits per heavy atom. The molecule has 0 aliphatic heterocycles. The first-order valence-corrected chi connectivity index (χ1v) is 5.99. The van der Waals surface area contributed by atoms with Crippen LogP contribution in [0.5, 0.6) is 0 Å². The quantitative estimate of drug-likeness (QED) is 0.686. The number of hydrogen-bond donors (Lipinski definition) is 0. The zero-order valence-electron chi connectivity index (χ0n) is 10.2. The molecule has 0 atom stereocenters. The molecule has 0 aliphatic carbocycles. The molecular formula is C14H20O2. The summed E-state index contributed by atoms with van der Waals surface area (Å²) in [6, 6.07) is 8.25. The molecule has 0 unspecified atom stereocenters. The first-order valence-electron chi connectivity index (χ1n) is 5.99. The average Bonchev–Trinajstić information content (AvgIpc) is 2.28. The summed E-state index contributed by atoms with van der Waals surface area (Å²) in [4.78, 5) is 11.2. The molecule has 0 aliphatic rings. The number of aryl methyl sites for hydroxylation is 1. The lowest BCUT2D eigenvalue weighted by Gasteiger charge is -2.06.